The third-order valence-corrected chi connectivity index (χ3v) is 4.57. The molecule has 0 amide bonds. The highest BCUT2D eigenvalue weighted by Gasteiger charge is 2.44. The number of rotatable bonds is 4. The quantitative estimate of drug-likeness (QED) is 0.909. The maximum absolute atomic E-state index is 11.7. The highest BCUT2D eigenvalue weighted by atomic mass is 16.4. The molecule has 0 atom stereocenters. The second kappa shape index (κ2) is 4.99. The predicted octanol–water partition coefficient (Wildman–Crippen LogP) is 3.12. The summed E-state index contributed by atoms with van der Waals surface area (Å²) in [5.74, 6) is -0.646. The lowest BCUT2D eigenvalue weighted by Gasteiger charge is -2.40. The van der Waals surface area contributed by atoms with Crippen molar-refractivity contribution in [2.45, 2.75) is 59.4 Å². The van der Waals surface area contributed by atoms with Gasteiger partial charge in [0.05, 0.1) is 11.6 Å². The fourth-order valence-electron chi connectivity index (χ4n) is 2.93. The van der Waals surface area contributed by atoms with Crippen LogP contribution < -0.4 is 0 Å². The Bertz CT molecular complexity index is 452. The minimum atomic E-state index is -0.646. The Morgan fingerprint density at radius 2 is 2.00 bits per heavy atom. The highest BCUT2D eigenvalue weighted by molar-refractivity contribution is 5.75. The summed E-state index contributed by atoms with van der Waals surface area (Å²) >= 11 is 0. The van der Waals surface area contributed by atoms with Crippen LogP contribution in [-0.2, 0) is 17.8 Å². The maximum atomic E-state index is 11.7. The Morgan fingerprint density at radius 3 is 2.47 bits per heavy atom. The van der Waals surface area contributed by atoms with Gasteiger partial charge in [0.15, 0.2) is 0 Å². The minimum Gasteiger partial charge on any atom is -0.481 e. The van der Waals surface area contributed by atoms with Crippen LogP contribution in [0.25, 0.3) is 0 Å². The largest absolute Gasteiger partial charge is 0.481 e. The van der Waals surface area contributed by atoms with Crippen LogP contribution in [0, 0.1) is 10.8 Å². The Labute approximate surface area is 114 Å². The molecule has 19 heavy (non-hydrogen) atoms. The summed E-state index contributed by atoms with van der Waals surface area (Å²) in [6, 6.07) is 0. The molecule has 0 unspecified atom stereocenters. The summed E-state index contributed by atoms with van der Waals surface area (Å²) in [5.41, 5.74) is 0.743. The molecule has 1 aliphatic carbocycles. The molecule has 1 aliphatic rings. The van der Waals surface area contributed by atoms with Crippen molar-refractivity contribution in [2.75, 3.05) is 0 Å². The van der Waals surface area contributed by atoms with Gasteiger partial charge in [0.2, 0.25) is 0 Å². The Kier molecular flexibility index (Phi) is 3.70. The third kappa shape index (κ3) is 2.99. The van der Waals surface area contributed by atoms with Crippen molar-refractivity contribution >= 4 is 5.97 Å². The van der Waals surface area contributed by atoms with Crippen LogP contribution in [0.4, 0.5) is 0 Å². The van der Waals surface area contributed by atoms with Gasteiger partial charge in [0, 0.05) is 12.7 Å². The average Bonchev–Trinajstić information content (AvgIpc) is 2.79. The highest BCUT2D eigenvalue weighted by Crippen LogP contribution is 2.46. The van der Waals surface area contributed by atoms with Crippen molar-refractivity contribution < 1.29 is 9.90 Å². The molecule has 1 aromatic heterocycles. The molecule has 1 heterocycles. The zero-order valence-electron chi connectivity index (χ0n) is 12.1. The van der Waals surface area contributed by atoms with Gasteiger partial charge in [-0.2, -0.15) is 5.10 Å². The molecule has 1 fully saturated rings. The molecule has 1 saturated carbocycles. The van der Waals surface area contributed by atoms with E-state index >= 15 is 0 Å². The third-order valence-electron chi connectivity index (χ3n) is 4.57. The number of carboxylic acids is 1. The molecule has 106 valence electrons. The average molecular weight is 264 g/mol. The van der Waals surface area contributed by atoms with Crippen LogP contribution in [0.2, 0.25) is 0 Å². The van der Waals surface area contributed by atoms with Crippen molar-refractivity contribution in [1.29, 1.82) is 0 Å². The van der Waals surface area contributed by atoms with Gasteiger partial charge < -0.3 is 5.11 Å². The van der Waals surface area contributed by atoms with Crippen molar-refractivity contribution in [1.82, 2.24) is 9.78 Å². The summed E-state index contributed by atoms with van der Waals surface area (Å²) < 4.78 is 1.86. The number of hydrogen-bond acceptors (Lipinski definition) is 2. The fourth-order valence-corrected chi connectivity index (χ4v) is 2.93. The van der Waals surface area contributed by atoms with Crippen LogP contribution in [0.1, 0.15) is 52.0 Å². The summed E-state index contributed by atoms with van der Waals surface area (Å²) in [6.45, 7) is 7.32. The van der Waals surface area contributed by atoms with E-state index in [9.17, 15) is 9.90 Å². The van der Waals surface area contributed by atoms with Crippen LogP contribution in [0.5, 0.6) is 0 Å². The molecule has 0 bridgehead atoms. The zero-order chi connectivity index (χ0) is 14.1. The second-order valence-corrected chi connectivity index (χ2v) is 6.63. The molecular weight excluding hydrogens is 240 g/mol. The molecule has 1 N–H and O–H groups in total. The lowest BCUT2D eigenvalue weighted by Crippen LogP contribution is -2.39. The first-order valence-corrected chi connectivity index (χ1v) is 7.12. The molecule has 0 spiro atoms. The van der Waals surface area contributed by atoms with Crippen LogP contribution >= 0.6 is 0 Å². The number of aryl methyl sites for hydroxylation is 1. The van der Waals surface area contributed by atoms with Gasteiger partial charge in [-0.3, -0.25) is 9.48 Å². The van der Waals surface area contributed by atoms with E-state index < -0.39 is 11.4 Å². The molecule has 1 aromatic rings. The number of aliphatic carboxylic acids is 1. The van der Waals surface area contributed by atoms with E-state index in [1.807, 2.05) is 24.0 Å². The van der Waals surface area contributed by atoms with Crippen molar-refractivity contribution in [3.63, 3.8) is 0 Å². The van der Waals surface area contributed by atoms with Crippen molar-refractivity contribution in [3.05, 3.63) is 18.0 Å². The van der Waals surface area contributed by atoms with Crippen molar-refractivity contribution in [2.24, 2.45) is 10.8 Å². The molecule has 0 radical (unpaired) electrons. The summed E-state index contributed by atoms with van der Waals surface area (Å²) in [7, 11) is 0. The van der Waals surface area contributed by atoms with Gasteiger partial charge in [-0.1, -0.05) is 13.8 Å². The van der Waals surface area contributed by atoms with E-state index in [-0.39, 0.29) is 5.41 Å². The first kappa shape index (κ1) is 14.1. The molecule has 0 aromatic carbocycles. The van der Waals surface area contributed by atoms with Gasteiger partial charge in [-0.05, 0) is 50.0 Å². The minimum absolute atomic E-state index is 0.284. The van der Waals surface area contributed by atoms with E-state index in [0.29, 0.717) is 6.42 Å². The van der Waals surface area contributed by atoms with E-state index in [1.165, 1.54) is 0 Å². The Balaban J connectivity index is 2.15. The lowest BCUT2D eigenvalue weighted by molar-refractivity contribution is -0.152. The van der Waals surface area contributed by atoms with Gasteiger partial charge in [0.25, 0.3) is 0 Å². The SMILES string of the molecule is CCn1cc(CC2(C(=O)O)CCC(C)(C)CC2)cn1. The van der Waals surface area contributed by atoms with Crippen LogP contribution in [0.15, 0.2) is 12.4 Å². The van der Waals surface area contributed by atoms with E-state index in [2.05, 4.69) is 18.9 Å². The van der Waals surface area contributed by atoms with E-state index in [0.717, 1.165) is 37.8 Å². The number of hydrogen-bond donors (Lipinski definition) is 1. The molecule has 0 saturated heterocycles. The number of aromatic nitrogens is 2. The van der Waals surface area contributed by atoms with Gasteiger partial charge in [-0.25, -0.2) is 0 Å². The number of carboxylic acid groups (broad SMARTS) is 1. The zero-order valence-corrected chi connectivity index (χ0v) is 12.1. The smallest absolute Gasteiger partial charge is 0.309 e. The fraction of sp³-hybridized carbons (Fsp3) is 0.733. The van der Waals surface area contributed by atoms with Gasteiger partial charge in [0.1, 0.15) is 0 Å². The molecule has 0 aliphatic heterocycles. The van der Waals surface area contributed by atoms with E-state index in [1.54, 1.807) is 0 Å². The molecule has 4 nitrogen and oxygen atoms in total. The van der Waals surface area contributed by atoms with Gasteiger partial charge in [-0.15, -0.1) is 0 Å². The first-order chi connectivity index (χ1) is 8.87. The number of carbonyl (C=O) groups is 1. The van der Waals surface area contributed by atoms with Crippen molar-refractivity contribution in [3.8, 4) is 0 Å². The summed E-state index contributed by atoms with van der Waals surface area (Å²) in [4.78, 5) is 11.7. The Morgan fingerprint density at radius 1 is 1.37 bits per heavy atom. The Hall–Kier alpha value is -1.32. The molecule has 2 rings (SSSR count). The standard InChI is InChI=1S/C15H24N2O2/c1-4-17-11-12(10-16-17)9-15(13(18)19)7-5-14(2,3)6-8-15/h10-11H,4-9H2,1-3H3,(H,18,19). The lowest BCUT2D eigenvalue weighted by atomic mass is 9.63. The molecule has 4 heteroatoms. The van der Waals surface area contributed by atoms with Crippen LogP contribution in [0.3, 0.4) is 0 Å². The maximum Gasteiger partial charge on any atom is 0.309 e. The number of nitrogens with zero attached hydrogens (tertiary/aromatic N) is 2. The second-order valence-electron chi connectivity index (χ2n) is 6.63. The van der Waals surface area contributed by atoms with E-state index in [4.69, 9.17) is 0 Å². The monoisotopic (exact) mass is 264 g/mol. The first-order valence-electron chi connectivity index (χ1n) is 7.12. The van der Waals surface area contributed by atoms with Crippen LogP contribution in [-0.4, -0.2) is 20.9 Å². The summed E-state index contributed by atoms with van der Waals surface area (Å²) in [6.07, 6.45) is 7.92. The topological polar surface area (TPSA) is 55.1 Å². The molecular formula is C15H24N2O2. The normalized spacial score (nSPS) is 21.2. The van der Waals surface area contributed by atoms with Gasteiger partial charge >= 0.3 is 5.97 Å². The summed E-state index contributed by atoms with van der Waals surface area (Å²) in [5, 5.41) is 13.9. The predicted molar refractivity (Wildman–Crippen MR) is 73.9 cm³/mol.